The van der Waals surface area contributed by atoms with Crippen LogP contribution in [0, 0.1) is 0 Å². The first-order valence-corrected chi connectivity index (χ1v) is 5.03. The number of rotatable bonds is 3. The molecule has 0 radical (unpaired) electrons. The van der Waals surface area contributed by atoms with E-state index in [4.69, 9.17) is 4.74 Å². The molecule has 0 aliphatic heterocycles. The molecule has 1 rings (SSSR count). The standard InChI is InChI=1S/C10H21NO/c1-8(2)11-9-6-4-5-7-10(9)12-3/h8-11H,4-7H2,1-3H3/t9-,10+/m1/s1. The Morgan fingerprint density at radius 2 is 1.92 bits per heavy atom. The van der Waals surface area contributed by atoms with Crippen LogP contribution in [0.3, 0.4) is 0 Å². The highest BCUT2D eigenvalue weighted by Gasteiger charge is 2.24. The molecule has 1 saturated carbocycles. The molecule has 1 aliphatic rings. The maximum absolute atomic E-state index is 5.44. The maximum Gasteiger partial charge on any atom is 0.0724 e. The van der Waals surface area contributed by atoms with E-state index in [9.17, 15) is 0 Å². The molecule has 0 aromatic carbocycles. The van der Waals surface area contributed by atoms with Crippen molar-refractivity contribution in [2.24, 2.45) is 0 Å². The zero-order chi connectivity index (χ0) is 8.97. The van der Waals surface area contributed by atoms with E-state index in [1.807, 2.05) is 7.11 Å². The van der Waals surface area contributed by atoms with Gasteiger partial charge < -0.3 is 10.1 Å². The molecule has 72 valence electrons. The van der Waals surface area contributed by atoms with Crippen molar-refractivity contribution in [3.8, 4) is 0 Å². The second kappa shape index (κ2) is 4.83. The van der Waals surface area contributed by atoms with Crippen LogP contribution in [0.15, 0.2) is 0 Å². The summed E-state index contributed by atoms with van der Waals surface area (Å²) < 4.78 is 5.44. The van der Waals surface area contributed by atoms with Gasteiger partial charge in [0.15, 0.2) is 0 Å². The van der Waals surface area contributed by atoms with Crippen molar-refractivity contribution in [3.05, 3.63) is 0 Å². The Hall–Kier alpha value is -0.0800. The number of methoxy groups -OCH3 is 1. The largest absolute Gasteiger partial charge is 0.380 e. The van der Waals surface area contributed by atoms with Gasteiger partial charge in [0, 0.05) is 19.2 Å². The van der Waals surface area contributed by atoms with E-state index in [0.717, 1.165) is 0 Å². The van der Waals surface area contributed by atoms with E-state index in [1.54, 1.807) is 0 Å². The van der Waals surface area contributed by atoms with Gasteiger partial charge in [0.2, 0.25) is 0 Å². The Morgan fingerprint density at radius 3 is 2.50 bits per heavy atom. The van der Waals surface area contributed by atoms with Crippen LogP contribution in [0.25, 0.3) is 0 Å². The normalized spacial score (nSPS) is 31.0. The molecule has 0 bridgehead atoms. The Balaban J connectivity index is 2.36. The van der Waals surface area contributed by atoms with Crippen molar-refractivity contribution in [3.63, 3.8) is 0 Å². The summed E-state index contributed by atoms with van der Waals surface area (Å²) >= 11 is 0. The molecule has 1 fully saturated rings. The average molecular weight is 171 g/mol. The summed E-state index contributed by atoms with van der Waals surface area (Å²) in [4.78, 5) is 0. The van der Waals surface area contributed by atoms with E-state index < -0.39 is 0 Å². The Bertz CT molecular complexity index is 125. The van der Waals surface area contributed by atoms with Crippen molar-refractivity contribution in [2.75, 3.05) is 7.11 Å². The lowest BCUT2D eigenvalue weighted by molar-refractivity contribution is 0.0392. The summed E-state index contributed by atoms with van der Waals surface area (Å²) in [5.74, 6) is 0. The van der Waals surface area contributed by atoms with E-state index in [0.29, 0.717) is 18.2 Å². The highest BCUT2D eigenvalue weighted by molar-refractivity contribution is 4.82. The molecule has 1 aliphatic carbocycles. The lowest BCUT2D eigenvalue weighted by atomic mass is 9.92. The van der Waals surface area contributed by atoms with Gasteiger partial charge >= 0.3 is 0 Å². The highest BCUT2D eigenvalue weighted by atomic mass is 16.5. The number of hydrogen-bond donors (Lipinski definition) is 1. The molecular weight excluding hydrogens is 150 g/mol. The molecule has 2 atom stereocenters. The molecule has 12 heavy (non-hydrogen) atoms. The predicted molar refractivity (Wildman–Crippen MR) is 51.3 cm³/mol. The SMILES string of the molecule is CO[C@H]1CCCC[C@H]1NC(C)C. The van der Waals surface area contributed by atoms with Crippen LogP contribution in [0.4, 0.5) is 0 Å². The molecule has 0 heterocycles. The third-order valence-electron chi connectivity index (χ3n) is 2.55. The Morgan fingerprint density at radius 1 is 1.25 bits per heavy atom. The van der Waals surface area contributed by atoms with Crippen LogP contribution >= 0.6 is 0 Å². The fourth-order valence-electron chi connectivity index (χ4n) is 2.00. The second-order valence-corrected chi connectivity index (χ2v) is 3.99. The van der Waals surface area contributed by atoms with E-state index in [-0.39, 0.29) is 0 Å². The van der Waals surface area contributed by atoms with Gasteiger partial charge in [-0.1, -0.05) is 26.7 Å². The third kappa shape index (κ3) is 2.76. The minimum Gasteiger partial charge on any atom is -0.380 e. The van der Waals surface area contributed by atoms with Gasteiger partial charge in [-0.2, -0.15) is 0 Å². The quantitative estimate of drug-likeness (QED) is 0.700. The first-order valence-electron chi connectivity index (χ1n) is 5.03. The van der Waals surface area contributed by atoms with Gasteiger partial charge in [0.25, 0.3) is 0 Å². The van der Waals surface area contributed by atoms with Gasteiger partial charge in [-0.25, -0.2) is 0 Å². The fraction of sp³-hybridized carbons (Fsp3) is 1.00. The molecule has 0 aromatic rings. The minimum atomic E-state index is 0.446. The first kappa shape index (κ1) is 10.0. The summed E-state index contributed by atoms with van der Waals surface area (Å²) in [6, 6.07) is 1.16. The van der Waals surface area contributed by atoms with Gasteiger partial charge in [-0.05, 0) is 12.8 Å². The summed E-state index contributed by atoms with van der Waals surface area (Å²) in [5, 5.41) is 3.56. The van der Waals surface area contributed by atoms with E-state index in [2.05, 4.69) is 19.2 Å². The second-order valence-electron chi connectivity index (χ2n) is 3.99. The highest BCUT2D eigenvalue weighted by Crippen LogP contribution is 2.20. The Labute approximate surface area is 75.7 Å². The van der Waals surface area contributed by atoms with Crippen molar-refractivity contribution >= 4 is 0 Å². The van der Waals surface area contributed by atoms with Gasteiger partial charge in [-0.3, -0.25) is 0 Å². The van der Waals surface area contributed by atoms with Crippen molar-refractivity contribution in [1.29, 1.82) is 0 Å². The topological polar surface area (TPSA) is 21.3 Å². The lowest BCUT2D eigenvalue weighted by Crippen LogP contribution is -2.45. The first-order chi connectivity index (χ1) is 5.74. The predicted octanol–water partition coefficient (Wildman–Crippen LogP) is 1.94. The third-order valence-corrected chi connectivity index (χ3v) is 2.55. The smallest absolute Gasteiger partial charge is 0.0724 e. The molecular formula is C10H21NO. The van der Waals surface area contributed by atoms with Crippen LogP contribution in [0.2, 0.25) is 0 Å². The van der Waals surface area contributed by atoms with Gasteiger partial charge in [-0.15, -0.1) is 0 Å². The van der Waals surface area contributed by atoms with Crippen LogP contribution in [0.5, 0.6) is 0 Å². The maximum atomic E-state index is 5.44. The summed E-state index contributed by atoms with van der Waals surface area (Å²) in [5.41, 5.74) is 0. The van der Waals surface area contributed by atoms with Crippen LogP contribution < -0.4 is 5.32 Å². The van der Waals surface area contributed by atoms with Crippen LogP contribution in [0.1, 0.15) is 39.5 Å². The molecule has 2 nitrogen and oxygen atoms in total. The number of hydrogen-bond acceptors (Lipinski definition) is 2. The summed E-state index contributed by atoms with van der Waals surface area (Å²) in [6.45, 7) is 4.39. The molecule has 0 amide bonds. The van der Waals surface area contributed by atoms with E-state index in [1.165, 1.54) is 25.7 Å². The molecule has 0 aromatic heterocycles. The van der Waals surface area contributed by atoms with Crippen molar-refractivity contribution < 1.29 is 4.74 Å². The summed E-state index contributed by atoms with van der Waals surface area (Å²) in [7, 11) is 1.82. The minimum absolute atomic E-state index is 0.446. The van der Waals surface area contributed by atoms with Gasteiger partial charge in [0.05, 0.1) is 6.10 Å². The van der Waals surface area contributed by atoms with Crippen molar-refractivity contribution in [2.45, 2.75) is 57.7 Å². The zero-order valence-electron chi connectivity index (χ0n) is 8.47. The fourth-order valence-corrected chi connectivity index (χ4v) is 2.00. The van der Waals surface area contributed by atoms with Crippen LogP contribution in [-0.4, -0.2) is 25.3 Å². The Kier molecular flexibility index (Phi) is 4.02. The summed E-state index contributed by atoms with van der Waals surface area (Å²) in [6.07, 6.45) is 5.62. The molecule has 1 N–H and O–H groups in total. The molecule has 0 unspecified atom stereocenters. The van der Waals surface area contributed by atoms with Crippen molar-refractivity contribution in [1.82, 2.24) is 5.32 Å². The van der Waals surface area contributed by atoms with E-state index >= 15 is 0 Å². The zero-order valence-corrected chi connectivity index (χ0v) is 8.47. The number of nitrogens with one attached hydrogen (secondary N) is 1. The molecule has 2 heteroatoms. The van der Waals surface area contributed by atoms with Gasteiger partial charge in [0.1, 0.15) is 0 Å². The molecule has 0 saturated heterocycles. The average Bonchev–Trinajstić information content (AvgIpc) is 2.04. The lowest BCUT2D eigenvalue weighted by Gasteiger charge is -2.32. The monoisotopic (exact) mass is 171 g/mol. The number of ether oxygens (including phenoxy) is 1. The van der Waals surface area contributed by atoms with Crippen LogP contribution in [-0.2, 0) is 4.74 Å². The molecule has 0 spiro atoms.